The lowest BCUT2D eigenvalue weighted by molar-refractivity contribution is -0.291. The van der Waals surface area contributed by atoms with Gasteiger partial charge in [-0.1, -0.05) is 115 Å². The first kappa shape index (κ1) is 35.8. The number of hydrogen-bond donors (Lipinski definition) is 0. The molecule has 1 aliphatic heterocycles. The zero-order valence-electron chi connectivity index (χ0n) is 26.9. The molecule has 0 amide bonds. The second-order valence-electron chi connectivity index (χ2n) is 11.8. The molecule has 0 N–H and O–H groups in total. The monoisotopic (exact) mass is 708 g/mol. The van der Waals surface area contributed by atoms with Crippen molar-refractivity contribution in [2.45, 2.75) is 31.6 Å². The molecule has 4 aromatic carbocycles. The van der Waals surface area contributed by atoms with Gasteiger partial charge in [-0.05, 0) is 30.2 Å². The highest BCUT2D eigenvalue weighted by Crippen LogP contribution is 2.40. The summed E-state index contributed by atoms with van der Waals surface area (Å²) in [6.07, 6.45) is -10.8. The lowest BCUT2D eigenvalue weighted by Gasteiger charge is -2.25. The van der Waals surface area contributed by atoms with Gasteiger partial charge >= 0.3 is 19.4 Å². The Labute approximate surface area is 288 Å². The first-order valence-electron chi connectivity index (χ1n) is 15.8. The third-order valence-corrected chi connectivity index (χ3v) is 8.22. The van der Waals surface area contributed by atoms with Crippen molar-refractivity contribution in [1.82, 2.24) is 4.48 Å². The smallest absolute Gasteiger partial charge is 0.388 e. The highest BCUT2D eigenvalue weighted by Gasteiger charge is 2.58. The summed E-state index contributed by atoms with van der Waals surface area (Å²) >= 11 is 0. The Bertz CT molecular complexity index is 2030. The summed E-state index contributed by atoms with van der Waals surface area (Å²) in [5, 5.41) is 0. The van der Waals surface area contributed by atoms with E-state index in [1.54, 1.807) is 78.9 Å². The molecule has 0 aliphatic carbocycles. The van der Waals surface area contributed by atoms with Crippen LogP contribution in [0.25, 0.3) is 34.2 Å². The highest BCUT2D eigenvalue weighted by atomic mass is 19.4. The summed E-state index contributed by atoms with van der Waals surface area (Å²) < 4.78 is 121. The molecule has 262 valence electrons. The van der Waals surface area contributed by atoms with Gasteiger partial charge in [-0.15, -0.1) is 0 Å². The van der Waals surface area contributed by atoms with E-state index in [2.05, 4.69) is 0 Å². The second kappa shape index (κ2) is 14.7. The normalized spacial score (nSPS) is 14.5. The molecule has 5 aromatic rings. The summed E-state index contributed by atoms with van der Waals surface area (Å²) in [5.41, 5.74) is 6.18. The average molecular weight is 708 g/mol. The van der Waals surface area contributed by atoms with Crippen molar-refractivity contribution in [2.24, 2.45) is 4.99 Å². The largest absolute Gasteiger partial charge is 0.598 e. The standard InChI is InChI=1S/C38H29BF8N2O2/c1-24-16-18-27(19-17-24)35-29-15-9-8-14-28(29)32(48-35)21-34-30(25-10-4-2-5-11-25)20-33(26-12-6-3-7-13-26)49(34)39(50-22-31(40)36(41)42)51-23-37(43,44)38(45,46)47/h2-21,31,36H,22-23H2,1H3/b32-21-. The lowest BCUT2D eigenvalue weighted by Crippen LogP contribution is -2.45. The van der Waals surface area contributed by atoms with Gasteiger partial charge in [0, 0.05) is 33.6 Å². The van der Waals surface area contributed by atoms with Gasteiger partial charge in [-0.3, -0.25) is 0 Å². The topological polar surface area (TPSA) is 35.8 Å². The minimum Gasteiger partial charge on any atom is -0.388 e. The zero-order chi connectivity index (χ0) is 36.3. The Morgan fingerprint density at radius 2 is 1.29 bits per heavy atom. The van der Waals surface area contributed by atoms with Crippen LogP contribution in [0.1, 0.15) is 27.9 Å². The molecule has 0 bridgehead atoms. The number of alkyl halides is 8. The Morgan fingerprint density at radius 3 is 1.90 bits per heavy atom. The Kier molecular flexibility index (Phi) is 10.3. The van der Waals surface area contributed by atoms with E-state index >= 15 is 0 Å². The first-order valence-corrected chi connectivity index (χ1v) is 15.8. The maximum atomic E-state index is 14.3. The molecule has 1 unspecified atom stereocenters. The third kappa shape index (κ3) is 7.69. The van der Waals surface area contributed by atoms with Crippen LogP contribution in [0.15, 0.2) is 120 Å². The van der Waals surface area contributed by atoms with Gasteiger partial charge in [0.25, 0.3) is 6.43 Å². The van der Waals surface area contributed by atoms with Crippen LogP contribution in [-0.2, 0) is 9.31 Å². The van der Waals surface area contributed by atoms with Crippen molar-refractivity contribution >= 4 is 24.7 Å². The third-order valence-electron chi connectivity index (χ3n) is 8.22. The van der Waals surface area contributed by atoms with Gasteiger partial charge in [0.05, 0.1) is 18.0 Å². The fourth-order valence-electron chi connectivity index (χ4n) is 5.62. The molecule has 1 aliphatic rings. The molecular weight excluding hydrogens is 679 g/mol. The summed E-state index contributed by atoms with van der Waals surface area (Å²) in [6, 6.07) is 33.8. The van der Waals surface area contributed by atoms with Gasteiger partial charge in [0.15, 0.2) is 6.17 Å². The molecule has 0 saturated carbocycles. The number of fused-ring (bicyclic) bond motifs is 1. The molecule has 0 saturated heterocycles. The number of hydrogen-bond acceptors (Lipinski definition) is 3. The fraction of sp³-hybridized carbons (Fsp3) is 0.184. The van der Waals surface area contributed by atoms with Crippen molar-refractivity contribution in [3.63, 3.8) is 0 Å². The number of benzene rings is 4. The average Bonchev–Trinajstić information content (AvgIpc) is 3.68. The predicted octanol–water partition coefficient (Wildman–Crippen LogP) is 10.1. The number of aliphatic imine (C=N–C) groups is 1. The first-order chi connectivity index (χ1) is 24.3. The SMILES string of the molecule is Cc1ccc(C2=N/C(=C\c3c(-c4ccccc4)cc(-c4ccccc4)n3B(OCC(F)C(F)F)OCC(F)(F)C(F)(F)F)c3ccccc32)cc1. The van der Waals surface area contributed by atoms with Crippen LogP contribution in [0.4, 0.5) is 35.1 Å². The molecule has 51 heavy (non-hydrogen) atoms. The maximum absolute atomic E-state index is 14.3. The van der Waals surface area contributed by atoms with Crippen LogP contribution < -0.4 is 0 Å². The Hall–Kier alpha value is -5.01. The lowest BCUT2D eigenvalue weighted by atomic mass is 9.97. The second-order valence-corrected chi connectivity index (χ2v) is 11.8. The van der Waals surface area contributed by atoms with Crippen LogP contribution in [0.3, 0.4) is 0 Å². The quantitative estimate of drug-likeness (QED) is 0.0956. The van der Waals surface area contributed by atoms with Crippen molar-refractivity contribution in [3.05, 3.63) is 143 Å². The molecular formula is C38H29BF8N2O2. The van der Waals surface area contributed by atoms with E-state index in [4.69, 9.17) is 14.3 Å². The molecule has 2 heterocycles. The van der Waals surface area contributed by atoms with Gasteiger partial charge in [0.1, 0.15) is 6.61 Å². The molecule has 13 heteroatoms. The van der Waals surface area contributed by atoms with Crippen LogP contribution in [0, 0.1) is 6.92 Å². The number of aryl methyl sites for hydroxylation is 1. The molecule has 6 rings (SSSR count). The van der Waals surface area contributed by atoms with E-state index in [0.717, 1.165) is 21.2 Å². The fourth-order valence-corrected chi connectivity index (χ4v) is 5.62. The van der Waals surface area contributed by atoms with Gasteiger partial charge < -0.3 is 13.8 Å². The number of nitrogens with zero attached hydrogens (tertiary/aromatic N) is 2. The maximum Gasteiger partial charge on any atom is 0.598 e. The predicted molar refractivity (Wildman–Crippen MR) is 181 cm³/mol. The number of rotatable bonds is 12. The van der Waals surface area contributed by atoms with Crippen LogP contribution >= 0.6 is 0 Å². The number of halogens is 8. The van der Waals surface area contributed by atoms with Gasteiger partial charge in [0.2, 0.25) is 0 Å². The Morgan fingerprint density at radius 1 is 0.706 bits per heavy atom. The zero-order valence-corrected chi connectivity index (χ0v) is 26.9. The van der Waals surface area contributed by atoms with Crippen LogP contribution in [0.2, 0.25) is 0 Å². The minimum atomic E-state index is -6.00. The van der Waals surface area contributed by atoms with E-state index in [1.165, 1.54) is 0 Å². The summed E-state index contributed by atoms with van der Waals surface area (Å²) in [4.78, 5) is 4.94. The summed E-state index contributed by atoms with van der Waals surface area (Å²) in [5.74, 6) is -5.36. The Balaban J connectivity index is 1.61. The molecule has 1 atom stereocenters. The van der Waals surface area contributed by atoms with Crippen molar-refractivity contribution in [1.29, 1.82) is 0 Å². The van der Waals surface area contributed by atoms with E-state index < -0.39 is 45.2 Å². The highest BCUT2D eigenvalue weighted by molar-refractivity contribution is 6.44. The van der Waals surface area contributed by atoms with Crippen molar-refractivity contribution in [3.8, 4) is 22.4 Å². The van der Waals surface area contributed by atoms with Crippen LogP contribution in [0.5, 0.6) is 0 Å². The summed E-state index contributed by atoms with van der Waals surface area (Å²) in [6.45, 7) is -1.67. The summed E-state index contributed by atoms with van der Waals surface area (Å²) in [7, 11) is -2.23. The van der Waals surface area contributed by atoms with E-state index in [9.17, 15) is 35.1 Å². The van der Waals surface area contributed by atoms with E-state index in [-0.39, 0.29) is 11.4 Å². The van der Waals surface area contributed by atoms with E-state index in [1.807, 2.05) is 49.4 Å². The number of aromatic nitrogens is 1. The molecule has 4 nitrogen and oxygen atoms in total. The van der Waals surface area contributed by atoms with E-state index in [0.29, 0.717) is 33.7 Å². The minimum absolute atomic E-state index is 0.159. The van der Waals surface area contributed by atoms with Crippen molar-refractivity contribution in [2.75, 3.05) is 13.2 Å². The van der Waals surface area contributed by atoms with Crippen LogP contribution in [-0.4, -0.2) is 55.4 Å². The van der Waals surface area contributed by atoms with Gasteiger partial charge in [-0.2, -0.15) is 22.0 Å². The molecule has 0 spiro atoms. The van der Waals surface area contributed by atoms with Crippen molar-refractivity contribution < 1.29 is 44.4 Å². The molecule has 0 fully saturated rings. The molecule has 0 radical (unpaired) electrons. The van der Waals surface area contributed by atoms with Gasteiger partial charge in [-0.25, -0.2) is 18.2 Å². The molecule has 1 aromatic heterocycles.